The van der Waals surface area contributed by atoms with Crippen molar-refractivity contribution in [2.24, 2.45) is 0 Å². The van der Waals surface area contributed by atoms with Crippen LogP contribution in [0.2, 0.25) is 0 Å². The molecule has 108 valence electrons. The second-order valence-corrected chi connectivity index (χ2v) is 5.71. The highest BCUT2D eigenvalue weighted by molar-refractivity contribution is 9.10. The maximum absolute atomic E-state index is 5.44. The Kier molecular flexibility index (Phi) is 3.73. The number of benzene rings is 2. The molecule has 3 rings (SSSR count). The fourth-order valence-corrected chi connectivity index (χ4v) is 2.98. The van der Waals surface area contributed by atoms with Gasteiger partial charge in [0.15, 0.2) is 4.77 Å². The van der Waals surface area contributed by atoms with Crippen molar-refractivity contribution in [2.45, 2.75) is 0 Å². The SMILES string of the molecule is COc1ccc2[nH]c(=S)n(-c3ccc(Br)c(OC)c3)c2c1. The van der Waals surface area contributed by atoms with Crippen molar-refractivity contribution >= 4 is 39.2 Å². The van der Waals surface area contributed by atoms with Crippen LogP contribution in [0, 0.1) is 4.77 Å². The molecule has 1 heterocycles. The second-order valence-electron chi connectivity index (χ2n) is 4.47. The first kappa shape index (κ1) is 14.2. The first-order chi connectivity index (χ1) is 10.1. The van der Waals surface area contributed by atoms with Crippen LogP contribution in [0.4, 0.5) is 0 Å². The maximum Gasteiger partial charge on any atom is 0.182 e. The predicted octanol–water partition coefficient (Wildman–Crippen LogP) is 4.47. The third-order valence-electron chi connectivity index (χ3n) is 3.28. The van der Waals surface area contributed by atoms with E-state index in [0.29, 0.717) is 4.77 Å². The summed E-state index contributed by atoms with van der Waals surface area (Å²) >= 11 is 8.90. The lowest BCUT2D eigenvalue weighted by Crippen LogP contribution is -1.96. The van der Waals surface area contributed by atoms with Crippen LogP contribution in [-0.2, 0) is 0 Å². The first-order valence-corrected chi connectivity index (χ1v) is 7.47. The average molecular weight is 365 g/mol. The zero-order valence-electron chi connectivity index (χ0n) is 11.5. The summed E-state index contributed by atoms with van der Waals surface area (Å²) in [6.07, 6.45) is 0. The zero-order valence-corrected chi connectivity index (χ0v) is 13.9. The lowest BCUT2D eigenvalue weighted by molar-refractivity contribution is 0.412. The molecule has 4 nitrogen and oxygen atoms in total. The number of imidazole rings is 1. The molecule has 21 heavy (non-hydrogen) atoms. The van der Waals surface area contributed by atoms with E-state index in [1.54, 1.807) is 14.2 Å². The number of aromatic nitrogens is 2. The van der Waals surface area contributed by atoms with Gasteiger partial charge in [0.05, 0.1) is 35.4 Å². The van der Waals surface area contributed by atoms with Crippen molar-refractivity contribution in [3.05, 3.63) is 45.6 Å². The molecule has 6 heteroatoms. The zero-order chi connectivity index (χ0) is 15.0. The number of rotatable bonds is 3. The van der Waals surface area contributed by atoms with Gasteiger partial charge in [0.1, 0.15) is 11.5 Å². The highest BCUT2D eigenvalue weighted by Crippen LogP contribution is 2.30. The maximum atomic E-state index is 5.44. The number of fused-ring (bicyclic) bond motifs is 1. The normalized spacial score (nSPS) is 10.8. The minimum absolute atomic E-state index is 0.627. The van der Waals surface area contributed by atoms with Crippen molar-refractivity contribution < 1.29 is 9.47 Å². The second kappa shape index (κ2) is 5.54. The lowest BCUT2D eigenvalue weighted by Gasteiger charge is -2.09. The highest BCUT2D eigenvalue weighted by Gasteiger charge is 2.10. The van der Waals surface area contributed by atoms with Gasteiger partial charge in [0.25, 0.3) is 0 Å². The monoisotopic (exact) mass is 364 g/mol. The van der Waals surface area contributed by atoms with Gasteiger partial charge in [-0.1, -0.05) is 0 Å². The Balaban J connectivity index is 2.28. The van der Waals surface area contributed by atoms with Gasteiger partial charge in [0.2, 0.25) is 0 Å². The van der Waals surface area contributed by atoms with Crippen LogP contribution in [0.5, 0.6) is 11.5 Å². The number of ether oxygens (including phenoxy) is 2. The van der Waals surface area contributed by atoms with Crippen LogP contribution in [0.15, 0.2) is 40.9 Å². The molecule has 0 spiro atoms. The largest absolute Gasteiger partial charge is 0.497 e. The molecule has 0 saturated heterocycles. The summed E-state index contributed by atoms with van der Waals surface area (Å²) < 4.78 is 14.1. The Morgan fingerprint density at radius 3 is 2.62 bits per heavy atom. The summed E-state index contributed by atoms with van der Waals surface area (Å²) in [6, 6.07) is 11.7. The van der Waals surface area contributed by atoms with Gasteiger partial charge in [-0.2, -0.15) is 0 Å². The molecule has 0 aliphatic heterocycles. The fraction of sp³-hybridized carbons (Fsp3) is 0.133. The smallest absolute Gasteiger partial charge is 0.182 e. The summed E-state index contributed by atoms with van der Waals surface area (Å²) in [5.41, 5.74) is 2.85. The number of methoxy groups -OCH3 is 2. The number of hydrogen-bond donors (Lipinski definition) is 1. The van der Waals surface area contributed by atoms with Gasteiger partial charge < -0.3 is 14.5 Å². The number of halogens is 1. The van der Waals surface area contributed by atoms with Gasteiger partial charge in [-0.25, -0.2) is 0 Å². The van der Waals surface area contributed by atoms with Crippen molar-refractivity contribution in [2.75, 3.05) is 14.2 Å². The Hall–Kier alpha value is -1.79. The molecule has 0 atom stereocenters. The number of nitrogens with one attached hydrogen (secondary N) is 1. The topological polar surface area (TPSA) is 39.2 Å². The summed E-state index contributed by atoms with van der Waals surface area (Å²) in [4.78, 5) is 3.20. The van der Waals surface area contributed by atoms with Gasteiger partial charge in [-0.15, -0.1) is 0 Å². The van der Waals surface area contributed by atoms with Crippen molar-refractivity contribution in [3.63, 3.8) is 0 Å². The Morgan fingerprint density at radius 2 is 1.90 bits per heavy atom. The fourth-order valence-electron chi connectivity index (χ4n) is 2.25. The summed E-state index contributed by atoms with van der Waals surface area (Å²) in [6.45, 7) is 0. The molecule has 0 amide bonds. The molecular weight excluding hydrogens is 352 g/mol. The van der Waals surface area contributed by atoms with E-state index in [0.717, 1.165) is 32.7 Å². The minimum Gasteiger partial charge on any atom is -0.497 e. The van der Waals surface area contributed by atoms with E-state index in [2.05, 4.69) is 20.9 Å². The molecule has 0 aliphatic carbocycles. The Bertz CT molecular complexity index is 870. The summed E-state index contributed by atoms with van der Waals surface area (Å²) in [5, 5.41) is 0. The molecule has 0 unspecified atom stereocenters. The van der Waals surface area contributed by atoms with E-state index in [4.69, 9.17) is 21.7 Å². The van der Waals surface area contributed by atoms with Crippen LogP contribution in [0.25, 0.3) is 16.7 Å². The Morgan fingerprint density at radius 1 is 1.10 bits per heavy atom. The molecule has 1 N–H and O–H groups in total. The van der Waals surface area contributed by atoms with E-state index >= 15 is 0 Å². The third-order valence-corrected chi connectivity index (χ3v) is 4.22. The quantitative estimate of drug-likeness (QED) is 0.697. The molecule has 0 fully saturated rings. The minimum atomic E-state index is 0.627. The highest BCUT2D eigenvalue weighted by atomic mass is 79.9. The van der Waals surface area contributed by atoms with E-state index in [-0.39, 0.29) is 0 Å². The van der Waals surface area contributed by atoms with Gasteiger partial charge in [-0.3, -0.25) is 4.57 Å². The van der Waals surface area contributed by atoms with Gasteiger partial charge >= 0.3 is 0 Å². The van der Waals surface area contributed by atoms with Crippen molar-refractivity contribution in [3.8, 4) is 17.2 Å². The molecule has 0 saturated carbocycles. The van der Waals surface area contributed by atoms with Gasteiger partial charge in [-0.05, 0) is 52.4 Å². The summed E-state index contributed by atoms with van der Waals surface area (Å²) in [5.74, 6) is 1.54. The lowest BCUT2D eigenvalue weighted by atomic mass is 10.2. The molecule has 3 aromatic rings. The average Bonchev–Trinajstić information content (AvgIpc) is 2.82. The van der Waals surface area contributed by atoms with Crippen LogP contribution < -0.4 is 9.47 Å². The van der Waals surface area contributed by atoms with Crippen LogP contribution in [0.3, 0.4) is 0 Å². The van der Waals surface area contributed by atoms with E-state index in [1.165, 1.54) is 0 Å². The number of aromatic amines is 1. The molecule has 0 aliphatic rings. The van der Waals surface area contributed by atoms with Crippen LogP contribution >= 0.6 is 28.1 Å². The van der Waals surface area contributed by atoms with Gasteiger partial charge in [0, 0.05) is 12.1 Å². The first-order valence-electron chi connectivity index (χ1n) is 6.26. The summed E-state index contributed by atoms with van der Waals surface area (Å²) in [7, 11) is 3.29. The van der Waals surface area contributed by atoms with Crippen LogP contribution in [-0.4, -0.2) is 23.8 Å². The Labute approximate surface area is 135 Å². The van der Waals surface area contributed by atoms with E-state index in [9.17, 15) is 0 Å². The number of nitrogens with zero attached hydrogens (tertiary/aromatic N) is 1. The van der Waals surface area contributed by atoms with Crippen molar-refractivity contribution in [1.82, 2.24) is 9.55 Å². The predicted molar refractivity (Wildman–Crippen MR) is 89.3 cm³/mol. The van der Waals surface area contributed by atoms with E-state index < -0.39 is 0 Å². The van der Waals surface area contributed by atoms with Crippen LogP contribution in [0.1, 0.15) is 0 Å². The van der Waals surface area contributed by atoms with E-state index in [1.807, 2.05) is 41.0 Å². The molecule has 0 bridgehead atoms. The third kappa shape index (κ3) is 2.45. The molecular formula is C15H13BrN2O2S. The number of hydrogen-bond acceptors (Lipinski definition) is 3. The van der Waals surface area contributed by atoms with Crippen molar-refractivity contribution in [1.29, 1.82) is 0 Å². The molecule has 2 aromatic carbocycles. The molecule has 0 radical (unpaired) electrons. The molecule has 1 aromatic heterocycles. The standard InChI is InChI=1S/C15H13BrN2O2S/c1-19-10-4-6-12-13(8-10)18(15(21)17-12)9-3-5-11(16)14(7-9)20-2/h3-8H,1-2H3,(H,17,21). The number of H-pyrrole nitrogens is 1.